The van der Waals surface area contributed by atoms with Crippen LogP contribution in [0.3, 0.4) is 0 Å². The summed E-state index contributed by atoms with van der Waals surface area (Å²) < 4.78 is 0. The summed E-state index contributed by atoms with van der Waals surface area (Å²) in [6.45, 7) is 9.74. The highest BCUT2D eigenvalue weighted by Crippen LogP contribution is 2.26. The van der Waals surface area contributed by atoms with Crippen molar-refractivity contribution in [3.05, 3.63) is 29.3 Å². The minimum absolute atomic E-state index is 0.0412. The van der Waals surface area contributed by atoms with Gasteiger partial charge in [-0.1, -0.05) is 33.1 Å². The minimum atomic E-state index is -0.193. The first-order valence-electron chi connectivity index (χ1n) is 11.4. The van der Waals surface area contributed by atoms with Crippen LogP contribution in [-0.2, 0) is 11.3 Å². The lowest BCUT2D eigenvalue weighted by Gasteiger charge is -2.29. The van der Waals surface area contributed by atoms with E-state index in [1.165, 1.54) is 19.3 Å². The average Bonchev–Trinajstić information content (AvgIpc) is 2.70. The highest BCUT2D eigenvalue weighted by molar-refractivity contribution is 5.97. The predicted molar refractivity (Wildman–Crippen MR) is 122 cm³/mol. The van der Waals surface area contributed by atoms with Crippen molar-refractivity contribution < 1.29 is 14.7 Å². The molecule has 0 saturated heterocycles. The average molecular weight is 418 g/mol. The van der Waals surface area contributed by atoms with Gasteiger partial charge in [-0.15, -0.1) is 0 Å². The lowest BCUT2D eigenvalue weighted by Crippen LogP contribution is -2.33. The second-order valence-corrected chi connectivity index (χ2v) is 8.72. The van der Waals surface area contributed by atoms with Crippen LogP contribution in [0.4, 0.5) is 5.69 Å². The number of nitrogens with one attached hydrogen (secondary N) is 1. The third-order valence-electron chi connectivity index (χ3n) is 5.68. The summed E-state index contributed by atoms with van der Waals surface area (Å²) in [7, 11) is 0. The molecule has 0 spiro atoms. The van der Waals surface area contributed by atoms with Crippen molar-refractivity contribution in [2.24, 2.45) is 5.92 Å². The van der Waals surface area contributed by atoms with Crippen molar-refractivity contribution in [1.29, 1.82) is 0 Å². The highest BCUT2D eigenvalue weighted by atomic mass is 16.3. The second-order valence-electron chi connectivity index (χ2n) is 8.72. The van der Waals surface area contributed by atoms with E-state index >= 15 is 0 Å². The fourth-order valence-corrected chi connectivity index (χ4v) is 3.92. The molecule has 2 rings (SSSR count). The number of carbonyl (C=O) groups excluding carboxylic acids is 2. The van der Waals surface area contributed by atoms with Gasteiger partial charge in [0.1, 0.15) is 0 Å². The molecular weight excluding hydrogens is 378 g/mol. The molecule has 1 aliphatic rings. The SMILES string of the molecule is CC(=O)N1CCCCCCCN(CCC(C)C)Cc2cc(C(=O)NCCO)ccc21. The Kier molecular flexibility index (Phi) is 10.3. The summed E-state index contributed by atoms with van der Waals surface area (Å²) in [4.78, 5) is 29.2. The Balaban J connectivity index is 2.38. The Labute approximate surface area is 181 Å². The van der Waals surface area contributed by atoms with Crippen molar-refractivity contribution in [1.82, 2.24) is 10.2 Å². The molecule has 1 aromatic carbocycles. The molecule has 0 aliphatic carbocycles. The molecule has 0 bridgehead atoms. The summed E-state index contributed by atoms with van der Waals surface area (Å²) in [5.74, 6) is 0.482. The number of benzene rings is 1. The summed E-state index contributed by atoms with van der Waals surface area (Å²) in [5, 5.41) is 11.7. The van der Waals surface area contributed by atoms with Gasteiger partial charge in [-0.3, -0.25) is 14.5 Å². The maximum absolute atomic E-state index is 12.5. The normalized spacial score (nSPS) is 16.5. The molecule has 0 radical (unpaired) electrons. The van der Waals surface area contributed by atoms with Gasteiger partial charge in [-0.2, -0.15) is 0 Å². The number of hydrogen-bond acceptors (Lipinski definition) is 4. The first-order valence-corrected chi connectivity index (χ1v) is 11.4. The van der Waals surface area contributed by atoms with E-state index < -0.39 is 0 Å². The quantitative estimate of drug-likeness (QED) is 0.742. The fourth-order valence-electron chi connectivity index (χ4n) is 3.92. The van der Waals surface area contributed by atoms with Crippen LogP contribution in [-0.4, -0.2) is 54.6 Å². The number of amides is 2. The van der Waals surface area contributed by atoms with Gasteiger partial charge in [0.25, 0.3) is 5.91 Å². The van der Waals surface area contributed by atoms with Gasteiger partial charge in [-0.05, 0) is 62.0 Å². The molecule has 0 saturated carbocycles. The number of aliphatic hydroxyl groups is 1. The molecule has 0 atom stereocenters. The van der Waals surface area contributed by atoms with Crippen molar-refractivity contribution in [3.63, 3.8) is 0 Å². The minimum Gasteiger partial charge on any atom is -0.395 e. The van der Waals surface area contributed by atoms with Gasteiger partial charge in [0.05, 0.1) is 6.61 Å². The number of rotatable bonds is 6. The first kappa shape index (κ1) is 24.4. The van der Waals surface area contributed by atoms with Crippen LogP contribution in [0.15, 0.2) is 18.2 Å². The maximum atomic E-state index is 12.5. The molecule has 0 fully saturated rings. The topological polar surface area (TPSA) is 72.9 Å². The first-order chi connectivity index (χ1) is 14.4. The zero-order valence-corrected chi connectivity index (χ0v) is 19.0. The lowest BCUT2D eigenvalue weighted by atomic mass is 10.0. The number of anilines is 1. The Morgan fingerprint density at radius 2 is 1.80 bits per heavy atom. The van der Waals surface area contributed by atoms with Crippen LogP contribution in [0.2, 0.25) is 0 Å². The Bertz CT molecular complexity index is 690. The van der Waals surface area contributed by atoms with Crippen LogP contribution in [0.1, 0.15) is 75.2 Å². The number of nitrogens with zero attached hydrogens (tertiary/aromatic N) is 2. The van der Waals surface area contributed by atoms with E-state index in [0.717, 1.165) is 50.1 Å². The molecule has 0 unspecified atom stereocenters. The number of hydrogen-bond donors (Lipinski definition) is 2. The van der Waals surface area contributed by atoms with E-state index in [-0.39, 0.29) is 25.0 Å². The van der Waals surface area contributed by atoms with E-state index in [4.69, 9.17) is 5.11 Å². The van der Waals surface area contributed by atoms with Gasteiger partial charge in [0, 0.05) is 37.8 Å². The van der Waals surface area contributed by atoms with Crippen LogP contribution in [0, 0.1) is 5.92 Å². The van der Waals surface area contributed by atoms with Crippen LogP contribution >= 0.6 is 0 Å². The molecule has 6 nitrogen and oxygen atoms in total. The van der Waals surface area contributed by atoms with Gasteiger partial charge in [0.2, 0.25) is 5.91 Å². The second kappa shape index (κ2) is 12.7. The van der Waals surface area contributed by atoms with E-state index in [0.29, 0.717) is 18.0 Å². The van der Waals surface area contributed by atoms with Gasteiger partial charge < -0.3 is 15.3 Å². The summed E-state index contributed by atoms with van der Waals surface area (Å²) >= 11 is 0. The van der Waals surface area contributed by atoms with E-state index in [1.54, 1.807) is 13.0 Å². The van der Waals surface area contributed by atoms with Crippen molar-refractivity contribution in [3.8, 4) is 0 Å². The molecular formula is C24H39N3O3. The fraction of sp³-hybridized carbons (Fsp3) is 0.667. The third-order valence-corrected chi connectivity index (χ3v) is 5.68. The summed E-state index contributed by atoms with van der Waals surface area (Å²) in [6, 6.07) is 5.62. The van der Waals surface area contributed by atoms with E-state index in [1.807, 2.05) is 17.0 Å². The zero-order valence-electron chi connectivity index (χ0n) is 19.0. The van der Waals surface area contributed by atoms with Crippen LogP contribution in [0.25, 0.3) is 0 Å². The molecule has 6 heteroatoms. The number of carbonyl (C=O) groups is 2. The monoisotopic (exact) mass is 417 g/mol. The maximum Gasteiger partial charge on any atom is 0.251 e. The molecule has 168 valence electrons. The molecule has 2 amide bonds. The van der Waals surface area contributed by atoms with Gasteiger partial charge in [-0.25, -0.2) is 0 Å². The molecule has 0 aromatic heterocycles. The molecule has 1 aliphatic heterocycles. The molecule has 1 aromatic rings. The van der Waals surface area contributed by atoms with Crippen molar-refractivity contribution in [2.75, 3.05) is 37.7 Å². The highest BCUT2D eigenvalue weighted by Gasteiger charge is 2.20. The zero-order chi connectivity index (χ0) is 21.9. The Morgan fingerprint density at radius 1 is 1.10 bits per heavy atom. The lowest BCUT2D eigenvalue weighted by molar-refractivity contribution is -0.116. The Morgan fingerprint density at radius 3 is 2.47 bits per heavy atom. The molecule has 1 heterocycles. The smallest absolute Gasteiger partial charge is 0.251 e. The largest absolute Gasteiger partial charge is 0.395 e. The van der Waals surface area contributed by atoms with Crippen molar-refractivity contribution >= 4 is 17.5 Å². The van der Waals surface area contributed by atoms with E-state index in [9.17, 15) is 9.59 Å². The predicted octanol–water partition coefficient (Wildman–Crippen LogP) is 3.57. The van der Waals surface area contributed by atoms with Crippen molar-refractivity contribution in [2.45, 2.75) is 65.8 Å². The summed E-state index contributed by atoms with van der Waals surface area (Å²) in [5.41, 5.74) is 2.50. The number of aliphatic hydroxyl groups excluding tert-OH is 1. The number of fused-ring (bicyclic) bond motifs is 1. The van der Waals surface area contributed by atoms with E-state index in [2.05, 4.69) is 24.1 Å². The van der Waals surface area contributed by atoms with Crippen LogP contribution < -0.4 is 10.2 Å². The molecule has 30 heavy (non-hydrogen) atoms. The van der Waals surface area contributed by atoms with Gasteiger partial charge >= 0.3 is 0 Å². The standard InChI is InChI=1S/C24H39N3O3/c1-19(2)11-15-26-13-7-5-4-6-8-14-27(20(3)29)23-10-9-21(17-22(23)18-26)24(30)25-12-16-28/h9-10,17,19,28H,4-8,11-16,18H2,1-3H3,(H,25,30). The van der Waals surface area contributed by atoms with Crippen LogP contribution in [0.5, 0.6) is 0 Å². The third kappa shape index (κ3) is 7.73. The Hall–Kier alpha value is -1.92. The van der Waals surface area contributed by atoms with Gasteiger partial charge in [0.15, 0.2) is 0 Å². The molecule has 2 N–H and O–H groups in total. The summed E-state index contributed by atoms with van der Waals surface area (Å²) in [6.07, 6.45) is 6.86.